The molecule has 0 atom stereocenters. The number of carbonyl (C=O) groups excluding carboxylic acids is 1. The second-order valence-electron chi connectivity index (χ2n) is 1.45. The first-order chi connectivity index (χ1) is 4.34. The number of amides is 1. The van der Waals surface area contributed by atoms with Crippen LogP contribution in [0.15, 0.2) is 22.8 Å². The Bertz CT molecular complexity index is 197. The van der Waals surface area contributed by atoms with Crippen molar-refractivity contribution in [1.29, 1.82) is 0 Å². The topological polar surface area (TPSA) is 68.3 Å². The van der Waals surface area contributed by atoms with E-state index in [-0.39, 0.29) is 22.8 Å². The van der Waals surface area contributed by atoms with Crippen LogP contribution in [0.1, 0.15) is 10.6 Å². The third-order valence-electron chi connectivity index (χ3n) is 0.876. The van der Waals surface area contributed by atoms with Crippen molar-refractivity contribution in [1.82, 2.24) is 5.43 Å². The number of hydrogen-bond donors (Lipinski definition) is 2. The van der Waals surface area contributed by atoms with Gasteiger partial charge in [0.1, 0.15) is 0 Å². The molecule has 0 saturated heterocycles. The molecule has 0 aliphatic rings. The standard InChI is InChI=1S/C5H6N2O2.Cu/c6-7-5(8)4-2-1-3-9-4;/h1-3H,6H2,(H,7,8);. The third-order valence-corrected chi connectivity index (χ3v) is 0.876. The number of rotatable bonds is 1. The van der Waals surface area contributed by atoms with Gasteiger partial charge in [0.15, 0.2) is 5.76 Å². The Morgan fingerprint density at radius 3 is 2.80 bits per heavy atom. The molecule has 0 aromatic carbocycles. The fraction of sp³-hybridized carbons (Fsp3) is 0. The first-order valence-electron chi connectivity index (χ1n) is 2.39. The molecule has 0 aliphatic carbocycles. The normalized spacial score (nSPS) is 8.10. The zero-order chi connectivity index (χ0) is 6.69. The summed E-state index contributed by atoms with van der Waals surface area (Å²) in [6, 6.07) is 3.15. The molecule has 5 heteroatoms. The number of furan rings is 1. The molecule has 1 aromatic rings. The Labute approximate surface area is 68.2 Å². The number of nitrogens with one attached hydrogen (secondary N) is 1. The van der Waals surface area contributed by atoms with E-state index in [1.807, 2.05) is 5.43 Å². The van der Waals surface area contributed by atoms with E-state index in [1.165, 1.54) is 12.3 Å². The van der Waals surface area contributed by atoms with Crippen LogP contribution in [0.3, 0.4) is 0 Å². The molecule has 0 saturated carbocycles. The molecule has 1 rings (SSSR count). The zero-order valence-corrected chi connectivity index (χ0v) is 5.87. The van der Waals surface area contributed by atoms with E-state index in [4.69, 9.17) is 10.3 Å². The minimum absolute atomic E-state index is 0. The molecule has 1 radical (unpaired) electrons. The van der Waals surface area contributed by atoms with E-state index in [1.54, 1.807) is 6.07 Å². The van der Waals surface area contributed by atoms with Gasteiger partial charge in [-0.3, -0.25) is 10.2 Å². The van der Waals surface area contributed by atoms with Gasteiger partial charge in [-0.15, -0.1) is 0 Å². The van der Waals surface area contributed by atoms with Gasteiger partial charge in [0.2, 0.25) is 0 Å². The van der Waals surface area contributed by atoms with Crippen molar-refractivity contribution >= 4 is 5.91 Å². The Morgan fingerprint density at radius 2 is 2.40 bits per heavy atom. The molecule has 0 spiro atoms. The zero-order valence-electron chi connectivity index (χ0n) is 4.93. The molecule has 0 fully saturated rings. The monoisotopic (exact) mass is 189 g/mol. The van der Waals surface area contributed by atoms with E-state index in [0.717, 1.165) is 0 Å². The maximum atomic E-state index is 10.5. The summed E-state index contributed by atoms with van der Waals surface area (Å²) in [6.07, 6.45) is 1.41. The number of hydrogen-bond acceptors (Lipinski definition) is 3. The van der Waals surface area contributed by atoms with Gasteiger partial charge in [-0.1, -0.05) is 0 Å². The summed E-state index contributed by atoms with van der Waals surface area (Å²) in [5.41, 5.74) is 1.93. The first kappa shape index (κ1) is 9.23. The summed E-state index contributed by atoms with van der Waals surface area (Å²) in [6.45, 7) is 0. The van der Waals surface area contributed by atoms with Crippen LogP contribution in [0.2, 0.25) is 0 Å². The van der Waals surface area contributed by atoms with Gasteiger partial charge in [0.05, 0.1) is 6.26 Å². The molecule has 59 valence electrons. The summed E-state index contributed by atoms with van der Waals surface area (Å²) in [5, 5.41) is 0. The molecule has 1 heterocycles. The minimum atomic E-state index is -0.417. The quantitative estimate of drug-likeness (QED) is 0.280. The van der Waals surface area contributed by atoms with Gasteiger partial charge in [0.25, 0.3) is 0 Å². The summed E-state index contributed by atoms with van der Waals surface area (Å²) >= 11 is 0. The second-order valence-corrected chi connectivity index (χ2v) is 1.45. The molecular formula is C5H6CuN2O2. The van der Waals surface area contributed by atoms with Crippen LogP contribution in [0, 0.1) is 0 Å². The molecule has 4 nitrogen and oxygen atoms in total. The summed E-state index contributed by atoms with van der Waals surface area (Å²) in [7, 11) is 0. The van der Waals surface area contributed by atoms with Crippen LogP contribution in [-0.2, 0) is 17.1 Å². The van der Waals surface area contributed by atoms with Gasteiger partial charge in [-0.25, -0.2) is 5.84 Å². The van der Waals surface area contributed by atoms with Crippen molar-refractivity contribution in [2.45, 2.75) is 0 Å². The van der Waals surface area contributed by atoms with Gasteiger partial charge >= 0.3 is 5.91 Å². The van der Waals surface area contributed by atoms with Crippen LogP contribution in [-0.4, -0.2) is 5.91 Å². The Hall–Kier alpha value is -0.771. The fourth-order valence-corrected chi connectivity index (χ4v) is 0.479. The van der Waals surface area contributed by atoms with Crippen molar-refractivity contribution in [3.05, 3.63) is 24.2 Å². The molecule has 0 bridgehead atoms. The van der Waals surface area contributed by atoms with E-state index >= 15 is 0 Å². The van der Waals surface area contributed by atoms with E-state index in [2.05, 4.69) is 0 Å². The maximum absolute atomic E-state index is 10.5. The van der Waals surface area contributed by atoms with Crippen LogP contribution >= 0.6 is 0 Å². The maximum Gasteiger partial charge on any atom is 0.300 e. The predicted molar refractivity (Wildman–Crippen MR) is 30.4 cm³/mol. The fourth-order valence-electron chi connectivity index (χ4n) is 0.479. The van der Waals surface area contributed by atoms with Crippen LogP contribution in [0.5, 0.6) is 0 Å². The summed E-state index contributed by atoms with van der Waals surface area (Å²) in [5.74, 6) is 4.61. The van der Waals surface area contributed by atoms with E-state index in [9.17, 15) is 4.79 Å². The first-order valence-corrected chi connectivity index (χ1v) is 2.39. The largest absolute Gasteiger partial charge is 0.459 e. The molecule has 3 N–H and O–H groups in total. The van der Waals surface area contributed by atoms with Gasteiger partial charge < -0.3 is 4.42 Å². The third kappa shape index (κ3) is 1.88. The van der Waals surface area contributed by atoms with E-state index in [0.29, 0.717) is 0 Å². The van der Waals surface area contributed by atoms with Crippen molar-refractivity contribution in [3.63, 3.8) is 0 Å². The Balaban J connectivity index is 0.000000810. The van der Waals surface area contributed by atoms with Gasteiger partial charge in [-0.05, 0) is 12.1 Å². The van der Waals surface area contributed by atoms with Crippen molar-refractivity contribution in [3.8, 4) is 0 Å². The second kappa shape index (κ2) is 4.11. The molecule has 1 aromatic heterocycles. The Kier molecular flexibility index (Phi) is 3.79. The number of hydrazine groups is 1. The minimum Gasteiger partial charge on any atom is -0.459 e. The SMILES string of the molecule is NNC(=O)c1ccco1.[Cu]. The number of nitrogen functional groups attached to an aromatic ring is 1. The van der Waals surface area contributed by atoms with Crippen molar-refractivity contribution in [2.75, 3.05) is 0 Å². The van der Waals surface area contributed by atoms with Crippen molar-refractivity contribution in [2.24, 2.45) is 5.84 Å². The Morgan fingerprint density at radius 1 is 1.70 bits per heavy atom. The molecule has 1 amide bonds. The summed E-state index contributed by atoms with van der Waals surface area (Å²) in [4.78, 5) is 10.5. The van der Waals surface area contributed by atoms with E-state index < -0.39 is 5.91 Å². The van der Waals surface area contributed by atoms with Crippen LogP contribution in [0.25, 0.3) is 0 Å². The number of nitrogens with two attached hydrogens (primary N) is 1. The van der Waals surface area contributed by atoms with Gasteiger partial charge in [-0.2, -0.15) is 0 Å². The molecule has 10 heavy (non-hydrogen) atoms. The molecule has 0 aliphatic heterocycles. The van der Waals surface area contributed by atoms with Crippen molar-refractivity contribution < 1.29 is 26.3 Å². The number of carbonyl (C=O) groups is 1. The summed E-state index contributed by atoms with van der Waals surface area (Å²) < 4.78 is 4.69. The predicted octanol–water partition coefficient (Wildman–Crippen LogP) is -0.119. The van der Waals surface area contributed by atoms with Crippen LogP contribution < -0.4 is 11.3 Å². The van der Waals surface area contributed by atoms with Crippen LogP contribution in [0.4, 0.5) is 0 Å². The average Bonchev–Trinajstić information content (AvgIpc) is 2.37. The average molecular weight is 190 g/mol. The van der Waals surface area contributed by atoms with Gasteiger partial charge in [0, 0.05) is 17.1 Å². The smallest absolute Gasteiger partial charge is 0.300 e. The molecule has 0 unspecified atom stereocenters. The molecular weight excluding hydrogens is 184 g/mol.